The van der Waals surface area contributed by atoms with E-state index in [9.17, 15) is 4.79 Å². The number of carbonyl (C=O) groups is 1. The Bertz CT molecular complexity index is 522. The largest absolute Gasteiger partial charge is 0.364 e. The van der Waals surface area contributed by atoms with E-state index < -0.39 is 0 Å². The number of halogens is 1. The highest BCUT2D eigenvalue weighted by atomic mass is 35.5. The zero-order chi connectivity index (χ0) is 11.5. The molecule has 16 heavy (non-hydrogen) atoms. The van der Waals surface area contributed by atoms with Crippen LogP contribution in [0, 0.1) is 6.92 Å². The maximum Gasteiger partial charge on any atom is 0.260 e. The second-order valence-electron chi connectivity index (χ2n) is 3.25. The Morgan fingerprint density at radius 3 is 2.81 bits per heavy atom. The van der Waals surface area contributed by atoms with Crippen molar-refractivity contribution in [1.82, 2.24) is 5.16 Å². The molecule has 0 aliphatic carbocycles. The fourth-order valence-electron chi connectivity index (χ4n) is 1.26. The SMILES string of the molecule is Cc1nocc1C(=O)Nc1ccccc1Cl. The lowest BCUT2D eigenvalue weighted by Gasteiger charge is -2.05. The molecule has 2 aromatic rings. The number of para-hydroxylation sites is 1. The van der Waals surface area contributed by atoms with Crippen molar-refractivity contribution in [2.75, 3.05) is 5.32 Å². The van der Waals surface area contributed by atoms with Crippen LogP contribution >= 0.6 is 11.6 Å². The Labute approximate surface area is 97.2 Å². The van der Waals surface area contributed by atoms with Gasteiger partial charge in [-0.2, -0.15) is 0 Å². The van der Waals surface area contributed by atoms with E-state index in [1.807, 2.05) is 0 Å². The van der Waals surface area contributed by atoms with Gasteiger partial charge < -0.3 is 9.84 Å². The van der Waals surface area contributed by atoms with Gasteiger partial charge in [0.1, 0.15) is 11.8 Å². The number of nitrogens with one attached hydrogen (secondary N) is 1. The summed E-state index contributed by atoms with van der Waals surface area (Å²) in [5, 5.41) is 6.81. The van der Waals surface area contributed by atoms with Gasteiger partial charge in [-0.1, -0.05) is 28.9 Å². The molecule has 0 fully saturated rings. The number of benzene rings is 1. The zero-order valence-electron chi connectivity index (χ0n) is 8.53. The summed E-state index contributed by atoms with van der Waals surface area (Å²) in [6, 6.07) is 7.02. The number of nitrogens with zero attached hydrogens (tertiary/aromatic N) is 1. The predicted octanol–water partition coefficient (Wildman–Crippen LogP) is 2.89. The molecule has 2 rings (SSSR count). The van der Waals surface area contributed by atoms with Crippen molar-refractivity contribution >= 4 is 23.2 Å². The van der Waals surface area contributed by atoms with Crippen molar-refractivity contribution in [2.45, 2.75) is 6.92 Å². The molecule has 0 spiro atoms. The summed E-state index contributed by atoms with van der Waals surface area (Å²) < 4.78 is 4.69. The Morgan fingerprint density at radius 2 is 2.19 bits per heavy atom. The Kier molecular flexibility index (Phi) is 2.92. The van der Waals surface area contributed by atoms with Gasteiger partial charge in [-0.15, -0.1) is 0 Å². The van der Waals surface area contributed by atoms with E-state index in [1.165, 1.54) is 6.26 Å². The number of aromatic nitrogens is 1. The molecule has 0 bridgehead atoms. The monoisotopic (exact) mass is 236 g/mol. The molecule has 0 saturated carbocycles. The fraction of sp³-hybridized carbons (Fsp3) is 0.0909. The van der Waals surface area contributed by atoms with Gasteiger partial charge >= 0.3 is 0 Å². The highest BCUT2D eigenvalue weighted by molar-refractivity contribution is 6.33. The lowest BCUT2D eigenvalue weighted by molar-refractivity contribution is 0.102. The first kappa shape index (κ1) is 10.7. The Morgan fingerprint density at radius 1 is 1.44 bits per heavy atom. The van der Waals surface area contributed by atoms with E-state index in [-0.39, 0.29) is 5.91 Å². The van der Waals surface area contributed by atoms with E-state index in [0.29, 0.717) is 22.0 Å². The molecule has 82 valence electrons. The van der Waals surface area contributed by atoms with Gasteiger partial charge in [0.2, 0.25) is 0 Å². The second-order valence-corrected chi connectivity index (χ2v) is 3.65. The summed E-state index contributed by atoms with van der Waals surface area (Å²) in [6.07, 6.45) is 1.31. The smallest absolute Gasteiger partial charge is 0.260 e. The highest BCUT2D eigenvalue weighted by Crippen LogP contribution is 2.21. The van der Waals surface area contributed by atoms with Crippen LogP contribution in [-0.4, -0.2) is 11.1 Å². The fourth-order valence-corrected chi connectivity index (χ4v) is 1.45. The van der Waals surface area contributed by atoms with Gasteiger partial charge in [-0.05, 0) is 19.1 Å². The molecule has 1 N–H and O–H groups in total. The number of anilines is 1. The predicted molar refractivity (Wildman–Crippen MR) is 60.6 cm³/mol. The van der Waals surface area contributed by atoms with Crippen molar-refractivity contribution < 1.29 is 9.32 Å². The number of rotatable bonds is 2. The third-order valence-corrected chi connectivity index (χ3v) is 2.45. The van der Waals surface area contributed by atoms with Gasteiger partial charge in [0.25, 0.3) is 5.91 Å². The number of hydrogen-bond acceptors (Lipinski definition) is 3. The second kappa shape index (κ2) is 4.37. The molecular weight excluding hydrogens is 228 g/mol. The maximum atomic E-state index is 11.8. The minimum atomic E-state index is -0.285. The number of aryl methyl sites for hydroxylation is 1. The van der Waals surface area contributed by atoms with Crippen molar-refractivity contribution in [3.63, 3.8) is 0 Å². The normalized spacial score (nSPS) is 10.1. The third-order valence-electron chi connectivity index (χ3n) is 2.12. The quantitative estimate of drug-likeness (QED) is 0.872. The molecule has 4 nitrogen and oxygen atoms in total. The van der Waals surface area contributed by atoms with Gasteiger partial charge in [-0.3, -0.25) is 4.79 Å². The molecule has 0 aliphatic rings. The zero-order valence-corrected chi connectivity index (χ0v) is 9.28. The van der Waals surface area contributed by atoms with Gasteiger partial charge in [0.15, 0.2) is 0 Å². The first-order valence-electron chi connectivity index (χ1n) is 4.65. The van der Waals surface area contributed by atoms with Crippen LogP contribution < -0.4 is 5.32 Å². The first-order valence-corrected chi connectivity index (χ1v) is 5.03. The summed E-state index contributed by atoms with van der Waals surface area (Å²) in [7, 11) is 0. The van der Waals surface area contributed by atoms with Crippen LogP contribution in [0.15, 0.2) is 35.1 Å². The lowest BCUT2D eigenvalue weighted by atomic mass is 10.2. The molecule has 1 amide bonds. The van der Waals surface area contributed by atoms with E-state index in [2.05, 4.69) is 10.5 Å². The molecule has 0 aliphatic heterocycles. The maximum absolute atomic E-state index is 11.8. The van der Waals surface area contributed by atoms with Crippen LogP contribution in [0.4, 0.5) is 5.69 Å². The molecule has 1 aromatic heterocycles. The summed E-state index contributed by atoms with van der Waals surface area (Å²) in [4.78, 5) is 11.8. The van der Waals surface area contributed by atoms with Crippen LogP contribution in [0.5, 0.6) is 0 Å². The van der Waals surface area contributed by atoms with Crippen molar-refractivity contribution in [1.29, 1.82) is 0 Å². The number of amides is 1. The molecule has 0 unspecified atom stereocenters. The van der Waals surface area contributed by atoms with Crippen LogP contribution in [0.2, 0.25) is 5.02 Å². The topological polar surface area (TPSA) is 55.1 Å². The van der Waals surface area contributed by atoms with Crippen LogP contribution in [-0.2, 0) is 0 Å². The van der Waals surface area contributed by atoms with E-state index >= 15 is 0 Å². The Hall–Kier alpha value is -1.81. The molecule has 1 aromatic carbocycles. The molecule has 0 radical (unpaired) electrons. The number of carbonyl (C=O) groups excluding carboxylic acids is 1. The van der Waals surface area contributed by atoms with Crippen LogP contribution in [0.3, 0.4) is 0 Å². The standard InChI is InChI=1S/C11H9ClN2O2/c1-7-8(6-16-14-7)11(15)13-10-5-3-2-4-9(10)12/h2-6H,1H3,(H,13,15). The van der Waals surface area contributed by atoms with Crippen LogP contribution in [0.25, 0.3) is 0 Å². The van der Waals surface area contributed by atoms with Crippen LogP contribution in [0.1, 0.15) is 16.1 Å². The first-order chi connectivity index (χ1) is 7.68. The van der Waals surface area contributed by atoms with Gasteiger partial charge in [-0.25, -0.2) is 0 Å². The minimum Gasteiger partial charge on any atom is -0.364 e. The average Bonchev–Trinajstić information content (AvgIpc) is 2.68. The molecule has 5 heteroatoms. The van der Waals surface area contributed by atoms with E-state index in [0.717, 1.165) is 0 Å². The average molecular weight is 237 g/mol. The minimum absolute atomic E-state index is 0.285. The molecule has 1 heterocycles. The van der Waals surface area contributed by atoms with Crippen molar-refractivity contribution in [3.05, 3.63) is 46.8 Å². The lowest BCUT2D eigenvalue weighted by Crippen LogP contribution is -2.12. The van der Waals surface area contributed by atoms with Gasteiger partial charge in [0, 0.05) is 0 Å². The van der Waals surface area contributed by atoms with E-state index in [4.69, 9.17) is 16.1 Å². The third kappa shape index (κ3) is 2.06. The summed E-state index contributed by atoms with van der Waals surface area (Å²) in [5.41, 5.74) is 1.51. The number of hydrogen-bond donors (Lipinski definition) is 1. The van der Waals surface area contributed by atoms with Gasteiger partial charge in [0.05, 0.1) is 16.4 Å². The summed E-state index contributed by atoms with van der Waals surface area (Å²) in [5.74, 6) is -0.285. The summed E-state index contributed by atoms with van der Waals surface area (Å²) in [6.45, 7) is 1.70. The molecule has 0 saturated heterocycles. The van der Waals surface area contributed by atoms with Crippen molar-refractivity contribution in [2.24, 2.45) is 0 Å². The highest BCUT2D eigenvalue weighted by Gasteiger charge is 2.13. The van der Waals surface area contributed by atoms with E-state index in [1.54, 1.807) is 31.2 Å². The van der Waals surface area contributed by atoms with Crippen molar-refractivity contribution in [3.8, 4) is 0 Å². The summed E-state index contributed by atoms with van der Waals surface area (Å²) >= 11 is 5.92. The molecule has 0 atom stereocenters. The molecular formula is C11H9ClN2O2. The Balaban J connectivity index is 2.21.